The van der Waals surface area contributed by atoms with Crippen molar-refractivity contribution in [1.82, 2.24) is 0 Å². The standard InChI is InChI=1S/C38H60O10/c1-19(2)22-15-23(42)28-21-9-10-27-37(8,36(21,7)14-13-35(22,28)6)12-11-26-34(4,5)32(24(46-20(3)41)16-38(26,27)18-40)48-33-31(45)30(44)29(43)25(17-39)47-33/h19,22,24-27,29-33,39-40,43-45H,9-18H2,1-8H3/t22-,24-,25-,26+,27+,29-,30+,31-,32+,33+,35-,36-,37-,38-/m1/s1. The van der Waals surface area contributed by atoms with E-state index in [2.05, 4.69) is 48.5 Å². The molecule has 6 aliphatic rings. The molecule has 5 fully saturated rings. The van der Waals surface area contributed by atoms with Gasteiger partial charge in [0.15, 0.2) is 12.1 Å². The number of hydrogen-bond donors (Lipinski definition) is 5. The molecule has 0 aromatic heterocycles. The van der Waals surface area contributed by atoms with Gasteiger partial charge in [-0.05, 0) is 90.3 Å². The first-order valence-corrected chi connectivity index (χ1v) is 18.4. The van der Waals surface area contributed by atoms with Gasteiger partial charge in [-0.15, -0.1) is 0 Å². The van der Waals surface area contributed by atoms with E-state index in [1.807, 2.05) is 0 Å². The Kier molecular flexibility index (Phi) is 9.17. The van der Waals surface area contributed by atoms with Gasteiger partial charge in [-0.25, -0.2) is 0 Å². The average Bonchev–Trinajstić information content (AvgIpc) is 3.29. The van der Waals surface area contributed by atoms with E-state index >= 15 is 0 Å². The van der Waals surface area contributed by atoms with E-state index in [0.717, 1.165) is 44.1 Å². The quantitative estimate of drug-likeness (QED) is 0.207. The summed E-state index contributed by atoms with van der Waals surface area (Å²) < 4.78 is 18.3. The minimum absolute atomic E-state index is 0.0418. The van der Waals surface area contributed by atoms with Gasteiger partial charge >= 0.3 is 5.97 Å². The fourth-order valence-corrected chi connectivity index (χ4v) is 12.9. The largest absolute Gasteiger partial charge is 0.460 e. The highest BCUT2D eigenvalue weighted by molar-refractivity contribution is 6.00. The number of ether oxygens (including phenoxy) is 3. The molecule has 1 saturated heterocycles. The Bertz CT molecular complexity index is 1320. The van der Waals surface area contributed by atoms with Gasteiger partial charge in [-0.3, -0.25) is 9.59 Å². The zero-order chi connectivity index (χ0) is 35.4. The molecule has 10 heteroatoms. The molecule has 272 valence electrons. The van der Waals surface area contributed by atoms with Crippen molar-refractivity contribution in [2.24, 2.45) is 50.7 Å². The number of Topliss-reactive ketones (excluding diaryl/α,β-unsaturated/α-hetero) is 1. The average molecular weight is 677 g/mol. The lowest BCUT2D eigenvalue weighted by Gasteiger charge is -2.71. The SMILES string of the molecule is CC(=O)O[C@@H]1C[C@]2(CO)[C@H]3CCC4=C5C(=O)C[C@H](C(C)C)[C@@]5(C)CC[C@@]4(C)[C@]3(C)CC[C@H]2C(C)(C)[C@H]1O[C@@H]1O[C@H](CO)[C@@H](O)[C@H](O)[C@H]1O. The minimum Gasteiger partial charge on any atom is -0.460 e. The van der Waals surface area contributed by atoms with Crippen molar-refractivity contribution in [3.05, 3.63) is 11.1 Å². The van der Waals surface area contributed by atoms with Crippen LogP contribution >= 0.6 is 0 Å². The molecular weight excluding hydrogens is 616 g/mol. The summed E-state index contributed by atoms with van der Waals surface area (Å²) in [5.41, 5.74) is 0.659. The highest BCUT2D eigenvalue weighted by Crippen LogP contribution is 2.76. The van der Waals surface area contributed by atoms with Gasteiger partial charge in [0, 0.05) is 30.9 Å². The van der Waals surface area contributed by atoms with E-state index in [1.165, 1.54) is 12.5 Å². The lowest BCUT2D eigenvalue weighted by atomic mass is 9.34. The first kappa shape index (κ1) is 36.4. The molecule has 0 unspecified atom stereocenters. The second-order valence-corrected chi connectivity index (χ2v) is 18.0. The van der Waals surface area contributed by atoms with Crippen molar-refractivity contribution in [2.45, 2.75) is 150 Å². The smallest absolute Gasteiger partial charge is 0.302 e. The molecule has 5 aliphatic carbocycles. The summed E-state index contributed by atoms with van der Waals surface area (Å²) >= 11 is 0. The highest BCUT2D eigenvalue weighted by atomic mass is 16.7. The molecule has 6 rings (SSSR count). The first-order valence-electron chi connectivity index (χ1n) is 18.4. The predicted molar refractivity (Wildman–Crippen MR) is 176 cm³/mol. The van der Waals surface area contributed by atoms with Crippen molar-refractivity contribution in [2.75, 3.05) is 13.2 Å². The summed E-state index contributed by atoms with van der Waals surface area (Å²) in [6.07, 6.45) is -2.48. The number of carbonyl (C=O) groups is 2. The molecule has 5 N–H and O–H groups in total. The van der Waals surface area contributed by atoms with Gasteiger partial charge in [0.25, 0.3) is 0 Å². The molecule has 0 bridgehead atoms. The van der Waals surface area contributed by atoms with Crippen molar-refractivity contribution in [3.8, 4) is 0 Å². The second-order valence-electron chi connectivity index (χ2n) is 18.0. The van der Waals surface area contributed by atoms with Crippen LogP contribution in [0.5, 0.6) is 0 Å². The van der Waals surface area contributed by atoms with Crippen molar-refractivity contribution in [1.29, 1.82) is 0 Å². The third-order valence-electron chi connectivity index (χ3n) is 15.3. The Morgan fingerprint density at radius 3 is 2.25 bits per heavy atom. The van der Waals surface area contributed by atoms with Crippen LogP contribution in [0.4, 0.5) is 0 Å². The van der Waals surface area contributed by atoms with Crippen LogP contribution in [0.15, 0.2) is 11.1 Å². The van der Waals surface area contributed by atoms with Gasteiger partial charge in [0.2, 0.25) is 0 Å². The molecule has 1 aliphatic heterocycles. The van der Waals surface area contributed by atoms with Gasteiger partial charge in [0.05, 0.1) is 6.61 Å². The summed E-state index contributed by atoms with van der Waals surface area (Å²) in [5, 5.41) is 53.1. The topological polar surface area (TPSA) is 163 Å². The van der Waals surface area contributed by atoms with E-state index in [4.69, 9.17) is 14.2 Å². The van der Waals surface area contributed by atoms with E-state index in [-0.39, 0.29) is 34.7 Å². The Morgan fingerprint density at radius 1 is 0.958 bits per heavy atom. The van der Waals surface area contributed by atoms with Gasteiger partial charge in [-0.1, -0.05) is 54.0 Å². The Morgan fingerprint density at radius 2 is 1.65 bits per heavy atom. The van der Waals surface area contributed by atoms with Gasteiger partial charge < -0.3 is 39.7 Å². The Labute approximate surface area is 285 Å². The highest BCUT2D eigenvalue weighted by Gasteiger charge is 2.71. The maximum atomic E-state index is 13.8. The molecule has 0 spiro atoms. The Hall–Kier alpha value is -1.40. The third-order valence-corrected chi connectivity index (χ3v) is 15.3. The van der Waals surface area contributed by atoms with Crippen LogP contribution in [0.1, 0.15) is 107 Å². The molecule has 10 nitrogen and oxygen atoms in total. The maximum absolute atomic E-state index is 13.8. The molecule has 14 atom stereocenters. The molecule has 0 aromatic rings. The van der Waals surface area contributed by atoms with Crippen molar-refractivity contribution in [3.63, 3.8) is 0 Å². The molecule has 4 saturated carbocycles. The number of aliphatic hydroxyl groups excluding tert-OH is 5. The summed E-state index contributed by atoms with van der Waals surface area (Å²) in [7, 11) is 0. The zero-order valence-electron chi connectivity index (χ0n) is 30.2. The van der Waals surface area contributed by atoms with Gasteiger partial charge in [0.1, 0.15) is 36.6 Å². The van der Waals surface area contributed by atoms with Crippen molar-refractivity contribution < 1.29 is 49.3 Å². The number of rotatable bonds is 6. The predicted octanol–water partition coefficient (Wildman–Crippen LogP) is 3.69. The molecular formula is C38H60O10. The van der Waals surface area contributed by atoms with Gasteiger partial charge in [-0.2, -0.15) is 0 Å². The molecule has 0 amide bonds. The van der Waals surface area contributed by atoms with Crippen LogP contribution in [0.3, 0.4) is 0 Å². The number of allylic oxidation sites excluding steroid dienone is 2. The Balaban J connectivity index is 1.39. The number of ketones is 1. The van der Waals surface area contributed by atoms with Crippen LogP contribution in [0.2, 0.25) is 0 Å². The van der Waals surface area contributed by atoms with E-state index < -0.39 is 66.3 Å². The number of hydrogen-bond acceptors (Lipinski definition) is 10. The zero-order valence-corrected chi connectivity index (χ0v) is 30.2. The number of aliphatic hydroxyl groups is 5. The first-order chi connectivity index (χ1) is 22.3. The monoisotopic (exact) mass is 676 g/mol. The summed E-state index contributed by atoms with van der Waals surface area (Å²) in [5.74, 6) is 0.674. The third kappa shape index (κ3) is 4.90. The lowest BCUT2D eigenvalue weighted by Crippen LogP contribution is -2.70. The maximum Gasteiger partial charge on any atom is 0.302 e. The van der Waals surface area contributed by atoms with Crippen molar-refractivity contribution >= 4 is 11.8 Å². The molecule has 1 heterocycles. The van der Waals surface area contributed by atoms with Crippen LogP contribution < -0.4 is 0 Å². The van der Waals surface area contributed by atoms with Crippen LogP contribution in [-0.2, 0) is 23.8 Å². The molecule has 0 radical (unpaired) electrons. The lowest BCUT2D eigenvalue weighted by molar-refractivity contribution is -0.344. The van der Waals surface area contributed by atoms with Crippen LogP contribution in [-0.4, -0.2) is 93.4 Å². The fraction of sp³-hybridized carbons (Fsp3) is 0.895. The number of fused-ring (bicyclic) bond motifs is 6. The summed E-state index contributed by atoms with van der Waals surface area (Å²) in [6, 6.07) is 0. The molecule has 0 aromatic carbocycles. The summed E-state index contributed by atoms with van der Waals surface area (Å²) in [4.78, 5) is 26.5. The minimum atomic E-state index is -1.60. The van der Waals surface area contributed by atoms with Crippen LogP contribution in [0.25, 0.3) is 0 Å². The van der Waals surface area contributed by atoms with E-state index in [9.17, 15) is 35.1 Å². The van der Waals surface area contributed by atoms with Crippen LogP contribution in [0, 0.1) is 50.7 Å². The normalized spacial score (nSPS) is 50.0. The second kappa shape index (κ2) is 12.1. The van der Waals surface area contributed by atoms with E-state index in [1.54, 1.807) is 0 Å². The van der Waals surface area contributed by atoms with E-state index in [0.29, 0.717) is 30.5 Å². The number of esters is 1. The number of carbonyl (C=O) groups excluding carboxylic acids is 2. The molecule has 48 heavy (non-hydrogen) atoms. The fourth-order valence-electron chi connectivity index (χ4n) is 12.9. The summed E-state index contributed by atoms with van der Waals surface area (Å²) in [6.45, 7) is 16.4.